The van der Waals surface area contributed by atoms with Crippen LogP contribution in [0.1, 0.15) is 17.0 Å². The summed E-state index contributed by atoms with van der Waals surface area (Å²) in [5.74, 6) is 0.0612. The minimum absolute atomic E-state index is 0.0965. The Kier molecular flexibility index (Phi) is 4.23. The molecule has 4 nitrogen and oxygen atoms in total. The lowest BCUT2D eigenvalue weighted by Gasteiger charge is -2.17. The number of para-hydroxylation sites is 2. The minimum Gasteiger partial charge on any atom is -0.313 e. The number of nitrogens with one attached hydrogen (secondary N) is 1. The molecule has 0 saturated heterocycles. The highest BCUT2D eigenvalue weighted by atomic mass is 16.2. The maximum atomic E-state index is 13.2. The average Bonchev–Trinajstić information content (AvgIpc) is 2.99. The zero-order valence-corrected chi connectivity index (χ0v) is 14.5. The van der Waals surface area contributed by atoms with Gasteiger partial charge in [0.15, 0.2) is 0 Å². The Bertz CT molecular complexity index is 999. The zero-order chi connectivity index (χ0) is 17.9. The maximum absolute atomic E-state index is 13.2. The predicted octanol–water partition coefficient (Wildman–Crippen LogP) is 4.34. The van der Waals surface area contributed by atoms with Gasteiger partial charge in [0.1, 0.15) is 0 Å². The molecule has 128 valence electrons. The lowest BCUT2D eigenvalue weighted by atomic mass is 9.90. The molecule has 3 aromatic carbocycles. The molecule has 0 unspecified atom stereocenters. The molecule has 0 saturated carbocycles. The molecule has 0 bridgehead atoms. The molecule has 0 fully saturated rings. The Hall–Kier alpha value is -3.40. The van der Waals surface area contributed by atoms with E-state index in [-0.39, 0.29) is 5.91 Å². The van der Waals surface area contributed by atoms with Crippen LogP contribution in [0, 0.1) is 0 Å². The van der Waals surface area contributed by atoms with E-state index in [1.165, 1.54) is 0 Å². The fraction of sp³-hybridized carbons (Fsp3) is 0.0909. The number of amides is 1. The molecule has 4 rings (SSSR count). The zero-order valence-electron chi connectivity index (χ0n) is 14.5. The monoisotopic (exact) mass is 341 g/mol. The van der Waals surface area contributed by atoms with Crippen LogP contribution in [0.4, 0.5) is 5.95 Å². The van der Waals surface area contributed by atoms with Gasteiger partial charge in [0.25, 0.3) is 0 Å². The Labute approximate surface area is 152 Å². The standard InChI is InChI=1S/C22H19N3O/c1-25-19-15-9-8-14-18(19)23-22(25)24-21(26)20(16-10-4-2-5-11-16)17-12-6-3-7-13-17/h2-15,20H,1H3,(H,23,24,26). The van der Waals surface area contributed by atoms with Gasteiger partial charge in [-0.05, 0) is 23.3 Å². The third-order valence-corrected chi connectivity index (χ3v) is 4.55. The van der Waals surface area contributed by atoms with Crippen LogP contribution in [0.3, 0.4) is 0 Å². The second-order valence-electron chi connectivity index (χ2n) is 6.23. The molecular weight excluding hydrogens is 322 g/mol. The number of benzene rings is 3. The van der Waals surface area contributed by atoms with Crippen molar-refractivity contribution < 1.29 is 4.79 Å². The van der Waals surface area contributed by atoms with E-state index in [4.69, 9.17) is 0 Å². The van der Waals surface area contributed by atoms with Gasteiger partial charge in [0.05, 0.1) is 17.0 Å². The first kappa shape index (κ1) is 16.1. The quantitative estimate of drug-likeness (QED) is 0.600. The lowest BCUT2D eigenvalue weighted by molar-refractivity contribution is -0.116. The average molecular weight is 341 g/mol. The van der Waals surface area contributed by atoms with Gasteiger partial charge in [-0.15, -0.1) is 0 Å². The van der Waals surface area contributed by atoms with Crippen LogP contribution in [0.25, 0.3) is 11.0 Å². The normalized spacial score (nSPS) is 11.0. The Morgan fingerprint density at radius 3 is 1.96 bits per heavy atom. The summed E-state index contributed by atoms with van der Waals surface area (Å²) in [5, 5.41) is 3.01. The first-order chi connectivity index (χ1) is 12.7. The van der Waals surface area contributed by atoms with Gasteiger partial charge >= 0.3 is 0 Å². The molecule has 0 radical (unpaired) electrons. The molecular formula is C22H19N3O. The summed E-state index contributed by atoms with van der Waals surface area (Å²) in [6.45, 7) is 0. The molecule has 0 atom stereocenters. The van der Waals surface area contributed by atoms with Crippen LogP contribution >= 0.6 is 0 Å². The number of aryl methyl sites for hydroxylation is 1. The van der Waals surface area contributed by atoms with E-state index in [1.807, 2.05) is 96.5 Å². The fourth-order valence-corrected chi connectivity index (χ4v) is 3.23. The van der Waals surface area contributed by atoms with Crippen LogP contribution in [0.5, 0.6) is 0 Å². The highest BCUT2D eigenvalue weighted by Gasteiger charge is 2.24. The van der Waals surface area contributed by atoms with Gasteiger partial charge in [-0.1, -0.05) is 72.8 Å². The topological polar surface area (TPSA) is 46.9 Å². The van der Waals surface area contributed by atoms with Gasteiger partial charge in [0.2, 0.25) is 11.9 Å². The van der Waals surface area contributed by atoms with E-state index in [0.717, 1.165) is 22.2 Å². The summed E-state index contributed by atoms with van der Waals surface area (Å²) < 4.78 is 1.90. The molecule has 1 aromatic heterocycles. The number of imidazole rings is 1. The number of hydrogen-bond donors (Lipinski definition) is 1. The van der Waals surface area contributed by atoms with Crippen LogP contribution in [-0.4, -0.2) is 15.5 Å². The van der Waals surface area contributed by atoms with Crippen molar-refractivity contribution in [1.82, 2.24) is 9.55 Å². The second kappa shape index (κ2) is 6.84. The SMILES string of the molecule is Cn1c(NC(=O)C(c2ccccc2)c2ccccc2)nc2ccccc21. The summed E-state index contributed by atoms with van der Waals surface area (Å²) in [5.41, 5.74) is 3.75. The molecule has 0 aliphatic heterocycles. The third kappa shape index (κ3) is 2.97. The number of carbonyl (C=O) groups excluding carboxylic acids is 1. The largest absolute Gasteiger partial charge is 0.313 e. The van der Waals surface area contributed by atoms with Gasteiger partial charge < -0.3 is 4.57 Å². The minimum atomic E-state index is -0.391. The van der Waals surface area contributed by atoms with Crippen LogP contribution in [0.15, 0.2) is 84.9 Å². The Morgan fingerprint density at radius 1 is 0.846 bits per heavy atom. The van der Waals surface area contributed by atoms with Crippen molar-refractivity contribution in [3.05, 3.63) is 96.1 Å². The van der Waals surface area contributed by atoms with Crippen molar-refractivity contribution in [3.8, 4) is 0 Å². The molecule has 0 aliphatic rings. The number of rotatable bonds is 4. The summed E-state index contributed by atoms with van der Waals surface area (Å²) in [6, 6.07) is 27.5. The molecule has 1 amide bonds. The van der Waals surface area contributed by atoms with Crippen LogP contribution < -0.4 is 5.32 Å². The molecule has 0 spiro atoms. The van der Waals surface area contributed by atoms with Crippen LogP contribution in [-0.2, 0) is 11.8 Å². The molecule has 1 heterocycles. The molecule has 0 aliphatic carbocycles. The molecule has 26 heavy (non-hydrogen) atoms. The summed E-state index contributed by atoms with van der Waals surface area (Å²) >= 11 is 0. The van der Waals surface area contributed by atoms with E-state index < -0.39 is 5.92 Å². The summed E-state index contributed by atoms with van der Waals surface area (Å²) in [6.07, 6.45) is 0. The number of aromatic nitrogens is 2. The number of nitrogens with zero attached hydrogens (tertiary/aromatic N) is 2. The Morgan fingerprint density at radius 2 is 1.38 bits per heavy atom. The van der Waals surface area contributed by atoms with Gasteiger partial charge in [-0.25, -0.2) is 4.98 Å². The van der Waals surface area contributed by atoms with Crippen molar-refractivity contribution >= 4 is 22.9 Å². The summed E-state index contributed by atoms with van der Waals surface area (Å²) in [7, 11) is 1.91. The van der Waals surface area contributed by atoms with Crippen molar-refractivity contribution in [2.45, 2.75) is 5.92 Å². The number of fused-ring (bicyclic) bond motifs is 1. The van der Waals surface area contributed by atoms with Crippen molar-refractivity contribution in [1.29, 1.82) is 0 Å². The lowest BCUT2D eigenvalue weighted by Crippen LogP contribution is -2.23. The number of hydrogen-bond acceptors (Lipinski definition) is 2. The molecule has 1 N–H and O–H groups in total. The number of carbonyl (C=O) groups is 1. The number of anilines is 1. The highest BCUT2D eigenvalue weighted by molar-refractivity contribution is 5.98. The van der Waals surface area contributed by atoms with E-state index in [2.05, 4.69) is 10.3 Å². The molecule has 4 aromatic rings. The van der Waals surface area contributed by atoms with Gasteiger partial charge in [-0.3, -0.25) is 10.1 Å². The fourth-order valence-electron chi connectivity index (χ4n) is 3.23. The first-order valence-electron chi connectivity index (χ1n) is 8.56. The van der Waals surface area contributed by atoms with Crippen molar-refractivity contribution in [2.75, 3.05) is 5.32 Å². The van der Waals surface area contributed by atoms with E-state index in [1.54, 1.807) is 0 Å². The molecule has 4 heteroatoms. The Balaban J connectivity index is 1.72. The van der Waals surface area contributed by atoms with Crippen LogP contribution in [0.2, 0.25) is 0 Å². The summed E-state index contributed by atoms with van der Waals surface area (Å²) in [4.78, 5) is 17.7. The van der Waals surface area contributed by atoms with E-state index in [9.17, 15) is 4.79 Å². The van der Waals surface area contributed by atoms with E-state index in [0.29, 0.717) is 5.95 Å². The highest BCUT2D eigenvalue weighted by Crippen LogP contribution is 2.27. The second-order valence-corrected chi connectivity index (χ2v) is 6.23. The van der Waals surface area contributed by atoms with Crippen molar-refractivity contribution in [3.63, 3.8) is 0 Å². The van der Waals surface area contributed by atoms with E-state index >= 15 is 0 Å². The predicted molar refractivity (Wildman–Crippen MR) is 104 cm³/mol. The van der Waals surface area contributed by atoms with Gasteiger partial charge in [-0.2, -0.15) is 0 Å². The van der Waals surface area contributed by atoms with Crippen molar-refractivity contribution in [2.24, 2.45) is 7.05 Å². The maximum Gasteiger partial charge on any atom is 0.238 e. The van der Waals surface area contributed by atoms with Gasteiger partial charge in [0, 0.05) is 7.05 Å². The third-order valence-electron chi connectivity index (χ3n) is 4.55. The smallest absolute Gasteiger partial charge is 0.238 e. The first-order valence-corrected chi connectivity index (χ1v) is 8.56.